The van der Waals surface area contributed by atoms with Crippen molar-refractivity contribution in [2.45, 2.75) is 32.0 Å². The van der Waals surface area contributed by atoms with Crippen molar-refractivity contribution in [3.05, 3.63) is 57.5 Å². The Bertz CT molecular complexity index is 638. The Balaban J connectivity index is 1.76. The molecule has 0 unspecified atom stereocenters. The highest BCUT2D eigenvalue weighted by atomic mass is 32.1. The number of carboxylic acids is 1. The summed E-state index contributed by atoms with van der Waals surface area (Å²) in [6, 6.07) is 7.02. The third-order valence-electron chi connectivity index (χ3n) is 3.68. The fourth-order valence-corrected chi connectivity index (χ4v) is 3.10. The van der Waals surface area contributed by atoms with Gasteiger partial charge >= 0.3 is 5.97 Å². The van der Waals surface area contributed by atoms with Crippen LogP contribution in [0, 0.1) is 5.82 Å². The first-order valence-electron chi connectivity index (χ1n) is 6.90. The van der Waals surface area contributed by atoms with Gasteiger partial charge in [0.05, 0.1) is 5.56 Å². The van der Waals surface area contributed by atoms with Crippen molar-refractivity contribution in [3.63, 3.8) is 0 Å². The lowest BCUT2D eigenvalue weighted by Gasteiger charge is -2.21. The van der Waals surface area contributed by atoms with E-state index in [1.54, 1.807) is 17.4 Å². The zero-order chi connectivity index (χ0) is 14.8. The van der Waals surface area contributed by atoms with Crippen molar-refractivity contribution < 1.29 is 14.3 Å². The molecule has 1 aliphatic carbocycles. The van der Waals surface area contributed by atoms with E-state index >= 15 is 0 Å². The van der Waals surface area contributed by atoms with E-state index in [-0.39, 0.29) is 5.56 Å². The van der Waals surface area contributed by atoms with Crippen molar-refractivity contribution in [1.29, 1.82) is 0 Å². The van der Waals surface area contributed by atoms with Crippen LogP contribution in [0.4, 0.5) is 4.39 Å². The predicted octanol–water partition coefficient (Wildman–Crippen LogP) is 3.75. The molecule has 3 rings (SSSR count). The largest absolute Gasteiger partial charge is 0.478 e. The highest BCUT2D eigenvalue weighted by molar-refractivity contribution is 7.07. The summed E-state index contributed by atoms with van der Waals surface area (Å²) >= 11 is 1.67. The van der Waals surface area contributed by atoms with E-state index in [0.29, 0.717) is 12.6 Å². The van der Waals surface area contributed by atoms with Crippen molar-refractivity contribution in [2.24, 2.45) is 0 Å². The van der Waals surface area contributed by atoms with Crippen LogP contribution in [0.2, 0.25) is 0 Å². The van der Waals surface area contributed by atoms with Gasteiger partial charge in [-0.05, 0) is 52.9 Å². The second kappa shape index (κ2) is 5.95. The maximum absolute atomic E-state index is 13.4. The van der Waals surface area contributed by atoms with Gasteiger partial charge in [0, 0.05) is 19.1 Å². The zero-order valence-electron chi connectivity index (χ0n) is 11.5. The quantitative estimate of drug-likeness (QED) is 0.883. The first-order chi connectivity index (χ1) is 10.1. The number of nitrogens with zero attached hydrogens (tertiary/aromatic N) is 1. The Hall–Kier alpha value is -1.72. The molecule has 1 aliphatic rings. The smallest absolute Gasteiger partial charge is 0.338 e. The first kappa shape index (κ1) is 14.2. The molecule has 21 heavy (non-hydrogen) atoms. The molecule has 0 amide bonds. The molecule has 1 N–H and O–H groups in total. The molecular weight excluding hydrogens is 289 g/mol. The Labute approximate surface area is 126 Å². The van der Waals surface area contributed by atoms with E-state index in [2.05, 4.69) is 21.7 Å². The number of hydrogen-bond acceptors (Lipinski definition) is 3. The zero-order valence-corrected chi connectivity index (χ0v) is 12.3. The van der Waals surface area contributed by atoms with Gasteiger partial charge in [-0.1, -0.05) is 6.07 Å². The van der Waals surface area contributed by atoms with Gasteiger partial charge in [0.2, 0.25) is 0 Å². The maximum Gasteiger partial charge on any atom is 0.338 e. The summed E-state index contributed by atoms with van der Waals surface area (Å²) in [5.41, 5.74) is 1.86. The second-order valence-corrected chi connectivity index (χ2v) is 6.17. The summed E-state index contributed by atoms with van der Waals surface area (Å²) in [4.78, 5) is 13.3. The molecule has 1 aromatic heterocycles. The van der Waals surface area contributed by atoms with Crippen LogP contribution in [0.25, 0.3) is 0 Å². The number of benzene rings is 1. The minimum atomic E-state index is -1.22. The van der Waals surface area contributed by atoms with Crippen LogP contribution in [-0.2, 0) is 13.1 Å². The topological polar surface area (TPSA) is 40.5 Å². The Kier molecular flexibility index (Phi) is 4.03. The van der Waals surface area contributed by atoms with Gasteiger partial charge in [-0.25, -0.2) is 9.18 Å². The maximum atomic E-state index is 13.4. The van der Waals surface area contributed by atoms with Crippen LogP contribution >= 0.6 is 11.3 Å². The Morgan fingerprint density at radius 2 is 2.05 bits per heavy atom. The SMILES string of the molecule is O=C(O)c1cc(CN(Cc2ccsc2)C2CC2)ccc1F. The fourth-order valence-electron chi connectivity index (χ4n) is 2.44. The lowest BCUT2D eigenvalue weighted by Crippen LogP contribution is -2.25. The van der Waals surface area contributed by atoms with Crippen molar-refractivity contribution in [2.75, 3.05) is 0 Å². The van der Waals surface area contributed by atoms with E-state index in [0.717, 1.165) is 12.1 Å². The molecule has 110 valence electrons. The highest BCUT2D eigenvalue weighted by Crippen LogP contribution is 2.30. The molecular formula is C16H16FNO2S. The molecule has 0 spiro atoms. The van der Waals surface area contributed by atoms with Gasteiger partial charge in [0.25, 0.3) is 0 Å². The first-order valence-corrected chi connectivity index (χ1v) is 7.84. The second-order valence-electron chi connectivity index (χ2n) is 5.39. The van der Waals surface area contributed by atoms with E-state index in [1.807, 2.05) is 0 Å². The van der Waals surface area contributed by atoms with Crippen LogP contribution < -0.4 is 0 Å². The van der Waals surface area contributed by atoms with Gasteiger partial charge in [-0.15, -0.1) is 0 Å². The van der Waals surface area contributed by atoms with Gasteiger partial charge in [0.15, 0.2) is 0 Å². The molecule has 0 radical (unpaired) electrons. The third kappa shape index (κ3) is 3.49. The van der Waals surface area contributed by atoms with Gasteiger partial charge in [-0.2, -0.15) is 11.3 Å². The molecule has 3 nitrogen and oxygen atoms in total. The van der Waals surface area contributed by atoms with Crippen LogP contribution in [0.1, 0.15) is 34.3 Å². The predicted molar refractivity (Wildman–Crippen MR) is 79.9 cm³/mol. The summed E-state index contributed by atoms with van der Waals surface area (Å²) in [5, 5.41) is 13.2. The number of rotatable bonds is 6. The van der Waals surface area contributed by atoms with Crippen molar-refractivity contribution in [1.82, 2.24) is 4.90 Å². The molecule has 1 saturated carbocycles. The van der Waals surface area contributed by atoms with E-state index in [9.17, 15) is 9.18 Å². The van der Waals surface area contributed by atoms with Crippen molar-refractivity contribution >= 4 is 17.3 Å². The number of halogens is 1. The third-order valence-corrected chi connectivity index (χ3v) is 4.41. The standard InChI is InChI=1S/C16H16FNO2S/c17-15-4-1-11(7-14(15)16(19)20)8-18(13-2-3-13)9-12-5-6-21-10-12/h1,4-7,10,13H,2-3,8-9H2,(H,19,20). The van der Waals surface area contributed by atoms with Gasteiger partial charge in [-0.3, -0.25) is 4.90 Å². The minimum absolute atomic E-state index is 0.251. The molecule has 0 aliphatic heterocycles. The molecule has 1 aromatic carbocycles. The van der Waals surface area contributed by atoms with E-state index in [1.165, 1.54) is 30.5 Å². The van der Waals surface area contributed by atoms with Crippen LogP contribution in [0.3, 0.4) is 0 Å². The Morgan fingerprint density at radius 1 is 1.29 bits per heavy atom. The van der Waals surface area contributed by atoms with Crippen LogP contribution in [-0.4, -0.2) is 22.0 Å². The molecule has 1 fully saturated rings. The summed E-state index contributed by atoms with van der Waals surface area (Å²) in [6.45, 7) is 1.51. The molecule has 0 bridgehead atoms. The van der Waals surface area contributed by atoms with E-state index in [4.69, 9.17) is 5.11 Å². The average Bonchev–Trinajstić information content (AvgIpc) is 3.18. The molecule has 0 saturated heterocycles. The van der Waals surface area contributed by atoms with Gasteiger partial charge in [0.1, 0.15) is 5.82 Å². The number of hydrogen-bond donors (Lipinski definition) is 1. The molecule has 5 heteroatoms. The summed E-state index contributed by atoms with van der Waals surface area (Å²) in [7, 11) is 0. The number of aromatic carboxylic acids is 1. The lowest BCUT2D eigenvalue weighted by molar-refractivity contribution is 0.0691. The van der Waals surface area contributed by atoms with Crippen LogP contribution in [0.5, 0.6) is 0 Å². The van der Waals surface area contributed by atoms with Crippen molar-refractivity contribution in [3.8, 4) is 0 Å². The Morgan fingerprint density at radius 3 is 2.67 bits per heavy atom. The summed E-state index contributed by atoms with van der Waals surface area (Å²) in [6.07, 6.45) is 2.36. The highest BCUT2D eigenvalue weighted by Gasteiger charge is 2.29. The van der Waals surface area contributed by atoms with Gasteiger partial charge < -0.3 is 5.11 Å². The number of carbonyl (C=O) groups is 1. The summed E-state index contributed by atoms with van der Waals surface area (Å²) in [5.74, 6) is -1.90. The molecule has 1 heterocycles. The van der Waals surface area contributed by atoms with Crippen LogP contribution in [0.15, 0.2) is 35.0 Å². The number of thiophene rings is 1. The summed E-state index contributed by atoms with van der Waals surface area (Å²) < 4.78 is 13.4. The monoisotopic (exact) mass is 305 g/mol. The average molecular weight is 305 g/mol. The molecule has 0 atom stereocenters. The fraction of sp³-hybridized carbons (Fsp3) is 0.312. The number of carboxylic acid groups (broad SMARTS) is 1. The normalized spacial score (nSPS) is 14.6. The molecule has 2 aromatic rings. The lowest BCUT2D eigenvalue weighted by atomic mass is 10.1. The minimum Gasteiger partial charge on any atom is -0.478 e. The van der Waals surface area contributed by atoms with E-state index < -0.39 is 11.8 Å².